The zero-order valence-electron chi connectivity index (χ0n) is 16.8. The normalized spacial score (nSPS) is 18.5. The lowest BCUT2D eigenvalue weighted by atomic mass is 9.93. The number of ether oxygens (including phenoxy) is 1. The highest BCUT2D eigenvalue weighted by Crippen LogP contribution is 2.40. The molecule has 0 unspecified atom stereocenters. The first-order chi connectivity index (χ1) is 15.0. The Labute approximate surface area is 200 Å². The molecule has 31 heavy (non-hydrogen) atoms. The highest BCUT2D eigenvalue weighted by atomic mass is 79.9. The predicted molar refractivity (Wildman–Crippen MR) is 130 cm³/mol. The number of hydrogen-bond acceptors (Lipinski definition) is 4. The maximum atomic E-state index is 10.9. The molecular formula is C24H21BrCl2N2O2. The number of phenols is 1. The molecule has 0 fully saturated rings. The Kier molecular flexibility index (Phi) is 6.87. The standard InChI is InChI=1S/C24H21BrCl2N2O2/c1-2-31-22-8-4-7-18(23(22)30)21-13-20(14-5-3-6-15(25)11-14)28-24(29-21)17-10-9-16(26)12-19(17)27/h3-12,21,24,29-30H,2,13H2,1H3/t21-,24-/m1/s1. The quantitative estimate of drug-likeness (QED) is 0.378. The fraction of sp³-hybridized carbons (Fsp3) is 0.208. The lowest BCUT2D eigenvalue weighted by Gasteiger charge is -2.31. The number of nitrogens with zero attached hydrogens (tertiary/aromatic N) is 1. The molecule has 2 atom stereocenters. The molecule has 160 valence electrons. The maximum absolute atomic E-state index is 10.9. The van der Waals surface area contributed by atoms with Crippen LogP contribution in [0.3, 0.4) is 0 Å². The minimum absolute atomic E-state index is 0.137. The van der Waals surface area contributed by atoms with Crippen LogP contribution in [0.1, 0.15) is 42.2 Å². The number of hydrogen-bond donors (Lipinski definition) is 2. The van der Waals surface area contributed by atoms with E-state index in [0.717, 1.165) is 26.9 Å². The minimum Gasteiger partial charge on any atom is -0.504 e. The van der Waals surface area contributed by atoms with E-state index in [1.54, 1.807) is 18.2 Å². The Hall–Kier alpha value is -2.05. The van der Waals surface area contributed by atoms with Crippen molar-refractivity contribution in [3.05, 3.63) is 91.9 Å². The summed E-state index contributed by atoms with van der Waals surface area (Å²) < 4.78 is 6.57. The Balaban J connectivity index is 1.79. The fourth-order valence-electron chi connectivity index (χ4n) is 3.72. The average Bonchev–Trinajstić information content (AvgIpc) is 2.75. The van der Waals surface area contributed by atoms with Crippen LogP contribution < -0.4 is 10.1 Å². The number of phenolic OH excluding ortho intramolecular Hbond substituents is 1. The summed E-state index contributed by atoms with van der Waals surface area (Å²) in [4.78, 5) is 4.96. The average molecular weight is 520 g/mol. The van der Waals surface area contributed by atoms with Crippen LogP contribution in [0.4, 0.5) is 0 Å². The molecule has 0 saturated heterocycles. The van der Waals surface area contributed by atoms with Gasteiger partial charge in [0, 0.05) is 43.8 Å². The Bertz CT molecular complexity index is 1140. The van der Waals surface area contributed by atoms with Gasteiger partial charge in [-0.1, -0.05) is 69.5 Å². The summed E-state index contributed by atoms with van der Waals surface area (Å²) in [5.74, 6) is 0.604. The molecule has 0 saturated carbocycles. The van der Waals surface area contributed by atoms with Gasteiger partial charge in [0.2, 0.25) is 0 Å². The Morgan fingerprint density at radius 1 is 1.10 bits per heavy atom. The molecular weight excluding hydrogens is 499 g/mol. The summed E-state index contributed by atoms with van der Waals surface area (Å²) in [6.07, 6.45) is 0.203. The molecule has 0 aliphatic carbocycles. The van der Waals surface area contributed by atoms with Crippen LogP contribution in [0.25, 0.3) is 0 Å². The summed E-state index contributed by atoms with van der Waals surface area (Å²) in [6.45, 7) is 2.37. The number of aliphatic imine (C=N–C) groups is 1. The first kappa shape index (κ1) is 22.2. The van der Waals surface area contributed by atoms with Crippen LogP contribution in [0.15, 0.2) is 70.1 Å². The van der Waals surface area contributed by atoms with Gasteiger partial charge in [-0.3, -0.25) is 10.3 Å². The van der Waals surface area contributed by atoms with Gasteiger partial charge >= 0.3 is 0 Å². The van der Waals surface area contributed by atoms with Gasteiger partial charge in [-0.15, -0.1) is 0 Å². The maximum Gasteiger partial charge on any atom is 0.162 e. The van der Waals surface area contributed by atoms with Crippen LogP contribution in [-0.2, 0) is 0 Å². The Morgan fingerprint density at radius 2 is 1.90 bits per heavy atom. The van der Waals surface area contributed by atoms with Crippen molar-refractivity contribution in [3.8, 4) is 11.5 Å². The van der Waals surface area contributed by atoms with Gasteiger partial charge in [-0.25, -0.2) is 0 Å². The number of benzene rings is 3. The first-order valence-electron chi connectivity index (χ1n) is 9.94. The second kappa shape index (κ2) is 9.61. The van der Waals surface area contributed by atoms with Crippen molar-refractivity contribution < 1.29 is 9.84 Å². The molecule has 1 aliphatic heterocycles. The first-order valence-corrected chi connectivity index (χ1v) is 11.5. The SMILES string of the molecule is CCOc1cccc([C@H]2CC(c3cccc(Br)c3)=N[C@@H](c3ccc(Cl)cc3Cl)N2)c1O. The molecule has 4 rings (SSSR count). The third-order valence-corrected chi connectivity index (χ3v) is 6.22. The summed E-state index contributed by atoms with van der Waals surface area (Å²) >= 11 is 16.1. The van der Waals surface area contributed by atoms with Gasteiger partial charge in [0.15, 0.2) is 11.5 Å². The van der Waals surface area contributed by atoms with E-state index in [1.807, 2.05) is 49.4 Å². The number of rotatable bonds is 5. The van der Waals surface area contributed by atoms with Gasteiger partial charge in [0.1, 0.15) is 6.17 Å². The summed E-state index contributed by atoms with van der Waals surface area (Å²) in [6, 6.07) is 18.8. The summed E-state index contributed by atoms with van der Waals surface area (Å²) in [5.41, 5.74) is 3.51. The second-order valence-electron chi connectivity index (χ2n) is 7.20. The molecule has 0 amide bonds. The molecule has 0 bridgehead atoms. The molecule has 1 aliphatic rings. The zero-order chi connectivity index (χ0) is 22.0. The molecule has 4 nitrogen and oxygen atoms in total. The molecule has 1 heterocycles. The van der Waals surface area contributed by atoms with Crippen molar-refractivity contribution in [2.45, 2.75) is 25.6 Å². The highest BCUT2D eigenvalue weighted by molar-refractivity contribution is 9.10. The van der Waals surface area contributed by atoms with E-state index in [4.69, 9.17) is 32.9 Å². The minimum atomic E-state index is -0.396. The van der Waals surface area contributed by atoms with E-state index < -0.39 is 6.17 Å². The van der Waals surface area contributed by atoms with Gasteiger partial charge in [0.25, 0.3) is 0 Å². The van der Waals surface area contributed by atoms with Crippen LogP contribution in [-0.4, -0.2) is 17.4 Å². The second-order valence-corrected chi connectivity index (χ2v) is 8.96. The van der Waals surface area contributed by atoms with Crippen molar-refractivity contribution in [3.63, 3.8) is 0 Å². The Morgan fingerprint density at radius 3 is 2.65 bits per heavy atom. The third kappa shape index (κ3) is 4.90. The van der Waals surface area contributed by atoms with Crippen LogP contribution in [0, 0.1) is 0 Å². The molecule has 3 aromatic carbocycles. The lowest BCUT2D eigenvalue weighted by molar-refractivity contribution is 0.313. The fourth-order valence-corrected chi connectivity index (χ4v) is 4.63. The van der Waals surface area contributed by atoms with Crippen molar-refractivity contribution in [1.82, 2.24) is 5.32 Å². The van der Waals surface area contributed by atoms with E-state index in [9.17, 15) is 5.11 Å². The third-order valence-electron chi connectivity index (χ3n) is 5.16. The van der Waals surface area contributed by atoms with Crippen LogP contribution in [0.5, 0.6) is 11.5 Å². The lowest BCUT2D eigenvalue weighted by Crippen LogP contribution is -2.33. The highest BCUT2D eigenvalue weighted by Gasteiger charge is 2.29. The van der Waals surface area contributed by atoms with Crippen molar-refractivity contribution in [2.75, 3.05) is 6.61 Å². The molecule has 2 N–H and O–H groups in total. The van der Waals surface area contributed by atoms with E-state index in [1.165, 1.54) is 0 Å². The summed E-state index contributed by atoms with van der Waals surface area (Å²) in [5, 5.41) is 15.5. The molecule has 7 heteroatoms. The molecule has 0 spiro atoms. The predicted octanol–water partition coefficient (Wildman–Crippen LogP) is 7.08. The van der Waals surface area contributed by atoms with Crippen LogP contribution in [0.2, 0.25) is 10.0 Å². The van der Waals surface area contributed by atoms with E-state index in [0.29, 0.717) is 28.8 Å². The van der Waals surface area contributed by atoms with E-state index >= 15 is 0 Å². The number of halogens is 3. The van der Waals surface area contributed by atoms with E-state index in [-0.39, 0.29) is 11.8 Å². The smallest absolute Gasteiger partial charge is 0.162 e. The molecule has 0 radical (unpaired) electrons. The van der Waals surface area contributed by atoms with Crippen LogP contribution >= 0.6 is 39.1 Å². The van der Waals surface area contributed by atoms with Crippen molar-refractivity contribution >= 4 is 44.8 Å². The zero-order valence-corrected chi connectivity index (χ0v) is 19.9. The molecule has 3 aromatic rings. The van der Waals surface area contributed by atoms with E-state index in [2.05, 4.69) is 21.2 Å². The summed E-state index contributed by atoms with van der Waals surface area (Å²) in [7, 11) is 0. The van der Waals surface area contributed by atoms with Crippen molar-refractivity contribution in [2.24, 2.45) is 4.99 Å². The monoisotopic (exact) mass is 518 g/mol. The van der Waals surface area contributed by atoms with Gasteiger partial charge < -0.3 is 9.84 Å². The number of aromatic hydroxyl groups is 1. The van der Waals surface area contributed by atoms with Gasteiger partial charge in [-0.2, -0.15) is 0 Å². The number of para-hydroxylation sites is 1. The molecule has 0 aromatic heterocycles. The van der Waals surface area contributed by atoms with Crippen molar-refractivity contribution in [1.29, 1.82) is 0 Å². The topological polar surface area (TPSA) is 53.8 Å². The number of nitrogens with one attached hydrogen (secondary N) is 1. The van der Waals surface area contributed by atoms with Gasteiger partial charge in [0.05, 0.1) is 6.61 Å². The largest absolute Gasteiger partial charge is 0.504 e. The van der Waals surface area contributed by atoms with Gasteiger partial charge in [-0.05, 0) is 42.8 Å².